The molecule has 0 amide bonds. The first kappa shape index (κ1) is 59.3. The van der Waals surface area contributed by atoms with Gasteiger partial charge in [-0.2, -0.15) is 0 Å². The summed E-state index contributed by atoms with van der Waals surface area (Å²) in [6.07, 6.45) is 0. The van der Waals surface area contributed by atoms with Crippen molar-refractivity contribution in [2.24, 2.45) is 0 Å². The molecular weight excluding hydrogens is 269 g/mol. The van der Waals surface area contributed by atoms with Gasteiger partial charge in [0.25, 0.3) is 0 Å². The first-order valence-corrected chi connectivity index (χ1v) is 0. The molecule has 0 N–H and O–H groups in total. The largest absolute Gasteiger partial charge is 0 e. The number of hydrogen-bond acceptors (Lipinski definition) is 0. The third kappa shape index (κ3) is 23.1. The van der Waals surface area contributed by atoms with Crippen molar-refractivity contribution in [3.8, 4) is 0 Å². The van der Waals surface area contributed by atoms with Crippen LogP contribution < -0.4 is 0 Å². The minimum absolute atomic E-state index is 0. The van der Waals surface area contributed by atoms with E-state index in [0.29, 0.717) is 0 Å². The minimum atomic E-state index is 0. The summed E-state index contributed by atoms with van der Waals surface area (Å²) in [6.45, 7) is 0. The van der Waals surface area contributed by atoms with Crippen LogP contribution in [0.2, 0.25) is 0 Å². The topological polar surface area (TPSA) is 0 Å². The summed E-state index contributed by atoms with van der Waals surface area (Å²) in [7, 11) is 0. The van der Waals surface area contributed by atoms with Gasteiger partial charge in [-0.25, -0.2) is 0 Å². The van der Waals surface area contributed by atoms with E-state index in [4.69, 9.17) is 0 Å². The summed E-state index contributed by atoms with van der Waals surface area (Å²) < 4.78 is 0. The van der Waals surface area contributed by atoms with Crippen molar-refractivity contribution < 1.29 is 34.1 Å². The molecule has 0 aromatic carbocycles. The maximum absolute atomic E-state index is 0. The van der Waals surface area contributed by atoms with E-state index in [1.807, 2.05) is 0 Å². The van der Waals surface area contributed by atoms with Crippen molar-refractivity contribution in [3.63, 3.8) is 0 Å². The molecule has 5 heavy (non-hydrogen) atoms. The molecule has 0 aromatic rings. The average molecular weight is 269 g/mol. The normalized spacial score (nSPS) is 0. The number of hydrogen-bond donors (Lipinski definition) is 0. The zero-order valence-electron chi connectivity index (χ0n) is 2.32. The van der Waals surface area contributed by atoms with Crippen LogP contribution in [0.4, 0.5) is 0 Å². The van der Waals surface area contributed by atoms with E-state index in [0.717, 1.165) is 0 Å². The van der Waals surface area contributed by atoms with Gasteiger partial charge >= 0.3 is 0 Å². The predicted molar refractivity (Wildman–Crippen MR) is 17.3 cm³/mol. The summed E-state index contributed by atoms with van der Waals surface area (Å²) in [5, 5.41) is 0. The molecule has 0 atom stereocenters. The Bertz CT molecular complexity index is 11.6. The van der Waals surface area contributed by atoms with Crippen LogP contribution >= 0.6 is 0 Å². The average Bonchev–Trinajstić information content (AvgIpc) is 0. The zero-order chi connectivity index (χ0) is 0. The van der Waals surface area contributed by atoms with Gasteiger partial charge in [0.2, 0.25) is 0 Å². The summed E-state index contributed by atoms with van der Waals surface area (Å²) in [6, 6.07) is 0. The molecule has 0 spiro atoms. The maximum atomic E-state index is 0. The summed E-state index contributed by atoms with van der Waals surface area (Å²) in [5.74, 6) is 0. The van der Waals surface area contributed by atoms with Gasteiger partial charge in [0.15, 0.2) is 0 Å². The second kappa shape index (κ2) is 35.7. The Hall–Kier alpha value is 2.12. The third-order valence-corrected chi connectivity index (χ3v) is 0. The molecule has 0 heterocycles. The molecule has 0 saturated carbocycles. The maximum Gasteiger partial charge on any atom is 0 e. The fraction of sp³-hybridized carbons (Fsp3) is 0. The van der Waals surface area contributed by atoms with Crippen LogP contribution in [0.3, 0.4) is 0 Å². The Balaban J connectivity index is 0. The van der Waals surface area contributed by atoms with Crippen LogP contribution in [0, 0.1) is 0 Å². The van der Waals surface area contributed by atoms with Crippen LogP contribution in [0.5, 0.6) is 0 Å². The van der Waals surface area contributed by atoms with Gasteiger partial charge in [0, 0.05) is 77.4 Å². The smallest absolute Gasteiger partial charge is 0 e. The van der Waals surface area contributed by atoms with Gasteiger partial charge in [-0.1, -0.05) is 0 Å². The van der Waals surface area contributed by atoms with Gasteiger partial charge < -0.3 is 0 Å². The second-order valence-corrected chi connectivity index (χ2v) is 0. The molecule has 0 aliphatic carbocycles. The van der Waals surface area contributed by atoms with Gasteiger partial charge in [0.05, 0.1) is 0 Å². The van der Waals surface area contributed by atoms with E-state index in [9.17, 15) is 0 Å². The van der Waals surface area contributed by atoms with Crippen molar-refractivity contribution >= 4 is 43.3 Å². The molecule has 12 radical (unpaired) electrons. The SMILES string of the molecule is [B].[Co].[Cr].[Si].[Sn]. The fourth-order valence-electron chi connectivity index (χ4n) is 0. The molecule has 0 unspecified atom stereocenters. The van der Waals surface area contributed by atoms with Crippen molar-refractivity contribution in [2.75, 3.05) is 0 Å². The van der Waals surface area contributed by atoms with Crippen LogP contribution in [0.1, 0.15) is 0 Å². The Labute approximate surface area is 76.7 Å². The molecule has 5 heteroatoms. The Morgan fingerprint density at radius 3 is 1.00 bits per heavy atom. The quantitative estimate of drug-likeness (QED) is 0.487. The molecular formula is BCoCrSiSn. The molecule has 0 aromatic heterocycles. The molecule has 0 fully saturated rings. The van der Waals surface area contributed by atoms with E-state index in [1.54, 1.807) is 0 Å². The Kier molecular flexibility index (Phi) is 424. The van der Waals surface area contributed by atoms with Gasteiger partial charge in [-0.3, -0.25) is 0 Å². The van der Waals surface area contributed by atoms with Crippen molar-refractivity contribution in [1.82, 2.24) is 0 Å². The number of rotatable bonds is 0. The first-order chi connectivity index (χ1) is 0. The monoisotopic (exact) mass is 270 g/mol. The molecule has 0 aliphatic heterocycles. The second-order valence-electron chi connectivity index (χ2n) is 0. The molecule has 26 valence electrons. The van der Waals surface area contributed by atoms with Crippen molar-refractivity contribution in [2.45, 2.75) is 0 Å². The molecule has 0 nitrogen and oxygen atoms in total. The van der Waals surface area contributed by atoms with Crippen molar-refractivity contribution in [3.05, 3.63) is 0 Å². The fourth-order valence-corrected chi connectivity index (χ4v) is 0. The van der Waals surface area contributed by atoms with E-state index in [-0.39, 0.29) is 77.4 Å². The van der Waals surface area contributed by atoms with Gasteiger partial charge in [0.1, 0.15) is 0 Å². The van der Waals surface area contributed by atoms with Gasteiger partial charge in [-0.15, -0.1) is 0 Å². The Morgan fingerprint density at radius 1 is 1.00 bits per heavy atom. The standard InChI is InChI=1S/B.Co.Cr.Si.Sn. The van der Waals surface area contributed by atoms with Crippen LogP contribution in [0.15, 0.2) is 0 Å². The minimum Gasteiger partial charge on any atom is 0 e. The first-order valence-electron chi connectivity index (χ1n) is 0. The van der Waals surface area contributed by atoms with E-state index < -0.39 is 0 Å². The predicted octanol–water partition coefficient (Wildman–Crippen LogP) is -1.15. The molecule has 0 saturated heterocycles. The summed E-state index contributed by atoms with van der Waals surface area (Å²) in [4.78, 5) is 0. The van der Waals surface area contributed by atoms with Crippen LogP contribution in [-0.4, -0.2) is 43.3 Å². The van der Waals surface area contributed by atoms with Crippen LogP contribution in [0.25, 0.3) is 0 Å². The summed E-state index contributed by atoms with van der Waals surface area (Å²) in [5.41, 5.74) is 0. The summed E-state index contributed by atoms with van der Waals surface area (Å²) >= 11 is 0. The third-order valence-electron chi connectivity index (χ3n) is 0. The van der Waals surface area contributed by atoms with E-state index >= 15 is 0 Å². The van der Waals surface area contributed by atoms with E-state index in [2.05, 4.69) is 0 Å². The van der Waals surface area contributed by atoms with Crippen LogP contribution in [-0.2, 0) is 34.1 Å². The molecule has 0 aliphatic rings. The van der Waals surface area contributed by atoms with Crippen molar-refractivity contribution in [1.29, 1.82) is 0 Å². The van der Waals surface area contributed by atoms with E-state index in [1.165, 1.54) is 0 Å². The zero-order valence-corrected chi connectivity index (χ0v) is 8.49. The Morgan fingerprint density at radius 2 is 1.00 bits per heavy atom. The molecule has 0 rings (SSSR count). The van der Waals surface area contributed by atoms with Gasteiger partial charge in [-0.05, 0) is 0 Å². The molecule has 0 bridgehead atoms.